The van der Waals surface area contributed by atoms with Gasteiger partial charge in [0, 0.05) is 25.2 Å². The molecular weight excluding hydrogens is 789 g/mol. The Morgan fingerprint density at radius 2 is 1.38 bits per heavy atom. The number of ether oxygens (including phenoxy) is 3. The number of likely N-dealkylation sites (N-methyl/N-ethyl adjacent to an activating group) is 1. The van der Waals surface area contributed by atoms with Crippen LogP contribution in [0.2, 0.25) is 0 Å². The molecule has 1 fully saturated rings. The lowest BCUT2D eigenvalue weighted by Crippen LogP contribution is -2.43. The van der Waals surface area contributed by atoms with Gasteiger partial charge in [0.2, 0.25) is 0 Å². The molecule has 0 bridgehead atoms. The second-order valence-corrected chi connectivity index (χ2v) is 18.1. The molecule has 0 radical (unpaired) electrons. The maximum Gasteiger partial charge on any atom is 0.472 e. The van der Waals surface area contributed by atoms with E-state index in [1.165, 1.54) is 19.3 Å². The van der Waals surface area contributed by atoms with E-state index >= 15 is 0 Å². The van der Waals surface area contributed by atoms with Crippen LogP contribution >= 0.6 is 7.82 Å². The number of aliphatic hydroxyl groups is 3. The summed E-state index contributed by atoms with van der Waals surface area (Å²) in [6.45, 7) is 3.90. The molecule has 346 valence electrons. The van der Waals surface area contributed by atoms with Crippen LogP contribution in [0.25, 0.3) is 0 Å². The number of carbonyl (C=O) groups excluding carboxylic acids is 2. The minimum atomic E-state index is -4.47. The Balaban J connectivity index is 2.58. The van der Waals surface area contributed by atoms with E-state index in [1.807, 2.05) is 33.3 Å². The minimum absolute atomic E-state index is 0.0265. The van der Waals surface area contributed by atoms with Crippen molar-refractivity contribution in [1.82, 2.24) is 0 Å². The summed E-state index contributed by atoms with van der Waals surface area (Å²) in [5, 5.41) is 31.0. The summed E-state index contributed by atoms with van der Waals surface area (Å²) in [6, 6.07) is 0. The zero-order chi connectivity index (χ0) is 44.5. The number of rotatable bonds is 35. The molecule has 2 unspecified atom stereocenters. The number of hydrogen-bond donors (Lipinski definition) is 4. The van der Waals surface area contributed by atoms with Crippen molar-refractivity contribution in [2.45, 2.75) is 167 Å². The molecule has 0 spiro atoms. The first-order chi connectivity index (χ1) is 28.7. The van der Waals surface area contributed by atoms with Crippen molar-refractivity contribution >= 4 is 19.8 Å². The quantitative estimate of drug-likeness (QED) is 0.0157. The summed E-state index contributed by atoms with van der Waals surface area (Å²) in [5.41, 5.74) is 0. The molecule has 0 amide bonds. The summed E-state index contributed by atoms with van der Waals surface area (Å²) in [7, 11) is 1.28. The van der Waals surface area contributed by atoms with Gasteiger partial charge in [0.05, 0.1) is 46.1 Å². The molecule has 7 atom stereocenters. The maximum atomic E-state index is 12.8. The van der Waals surface area contributed by atoms with Gasteiger partial charge in [0.15, 0.2) is 12.4 Å². The molecule has 1 aliphatic heterocycles. The normalized spacial score (nSPS) is 21.1. The second-order valence-electron chi connectivity index (χ2n) is 16.6. The predicted molar refractivity (Wildman–Crippen MR) is 237 cm³/mol. The van der Waals surface area contributed by atoms with Crippen molar-refractivity contribution in [1.29, 1.82) is 0 Å². The summed E-state index contributed by atoms with van der Waals surface area (Å²) in [5.74, 6) is -1.37. The Kier molecular flexibility index (Phi) is 31.6. The van der Waals surface area contributed by atoms with Gasteiger partial charge < -0.3 is 38.9 Å². The molecule has 4 N–H and O–H groups in total. The van der Waals surface area contributed by atoms with Gasteiger partial charge in [-0.3, -0.25) is 18.6 Å². The van der Waals surface area contributed by atoms with Crippen molar-refractivity contribution in [2.24, 2.45) is 5.92 Å². The third kappa shape index (κ3) is 31.4. The molecule has 13 nitrogen and oxygen atoms in total. The SMILES string of the molecule is CCCCC/C=C\C/C=C\C/C=C\CCCCC(=O)OC[C@H](COP(=O)(O)OCC[N+](C)(C)C)OC(=O)CCC/C=C\C[C@H]1[C@@H](O)CC(O)O[C@@H]1/C=C/[C@@H](O)CCCCC. The smallest absolute Gasteiger partial charge is 0.462 e. The molecule has 0 aliphatic carbocycles. The van der Waals surface area contributed by atoms with Crippen LogP contribution in [0.5, 0.6) is 0 Å². The third-order valence-corrected chi connectivity index (χ3v) is 10.8. The van der Waals surface area contributed by atoms with E-state index in [2.05, 4.69) is 50.3 Å². The summed E-state index contributed by atoms with van der Waals surface area (Å²) >= 11 is 0. The third-order valence-electron chi connectivity index (χ3n) is 9.82. The first-order valence-electron chi connectivity index (χ1n) is 22.4. The second kappa shape index (κ2) is 34.1. The van der Waals surface area contributed by atoms with Crippen LogP contribution in [0.15, 0.2) is 60.8 Å². The Morgan fingerprint density at radius 3 is 2.05 bits per heavy atom. The van der Waals surface area contributed by atoms with Crippen molar-refractivity contribution < 1.29 is 62.1 Å². The Bertz CT molecular complexity index is 1330. The number of aliphatic hydroxyl groups excluding tert-OH is 3. The van der Waals surface area contributed by atoms with Crippen LogP contribution < -0.4 is 0 Å². The average Bonchev–Trinajstić information content (AvgIpc) is 3.18. The van der Waals surface area contributed by atoms with Gasteiger partial charge >= 0.3 is 19.8 Å². The predicted octanol–water partition coefficient (Wildman–Crippen LogP) is 8.57. The number of unbranched alkanes of at least 4 members (excludes halogenated alkanes) is 8. The number of carbonyl (C=O) groups is 2. The average molecular weight is 871 g/mol. The first kappa shape index (κ1) is 55.6. The first-order valence-corrected chi connectivity index (χ1v) is 23.9. The van der Waals surface area contributed by atoms with E-state index < -0.39 is 57.1 Å². The van der Waals surface area contributed by atoms with Crippen molar-refractivity contribution in [3.63, 3.8) is 0 Å². The summed E-state index contributed by atoms with van der Waals surface area (Å²) in [6.07, 6.45) is 30.4. The Hall–Kier alpha value is -2.45. The topological polar surface area (TPSA) is 178 Å². The van der Waals surface area contributed by atoms with Gasteiger partial charge in [-0.25, -0.2) is 4.57 Å². The molecule has 1 saturated heterocycles. The number of phosphoric acid groups is 1. The standard InChI is InChI=1S/C46H80NO12P/c1-6-8-10-11-12-13-14-15-16-17-18-19-20-21-26-30-44(50)55-37-40(38-57-60(53,54)56-35-34-47(3,4)5)58-45(51)31-27-23-22-25-29-41-42(49)36-46(52)59-43(41)33-32-39(48)28-24-9-7-2/h12-13,15-16,18-19,22,25,32-33,39-43,46,48-49,52H,6-11,14,17,20-21,23-24,26-31,34-38H2,1-5H3/p+1/b13-12-,16-15-,19-18-,25-22-,33-32+/t39-,40+,41-,42-,43+,46?/m0/s1. The largest absolute Gasteiger partial charge is 0.472 e. The van der Waals surface area contributed by atoms with Crippen LogP contribution in [-0.2, 0) is 37.4 Å². The number of esters is 2. The highest BCUT2D eigenvalue weighted by Gasteiger charge is 2.35. The van der Waals surface area contributed by atoms with Gasteiger partial charge in [0.25, 0.3) is 0 Å². The molecule has 0 saturated carbocycles. The van der Waals surface area contributed by atoms with Crippen LogP contribution in [0.1, 0.15) is 136 Å². The van der Waals surface area contributed by atoms with Crippen LogP contribution in [0.4, 0.5) is 0 Å². The van der Waals surface area contributed by atoms with Crippen molar-refractivity contribution in [3.8, 4) is 0 Å². The molecular formula is C46H81NO12P+. The molecule has 1 rings (SSSR count). The zero-order valence-electron chi connectivity index (χ0n) is 37.5. The van der Waals surface area contributed by atoms with Gasteiger partial charge in [-0.15, -0.1) is 0 Å². The highest BCUT2D eigenvalue weighted by atomic mass is 31.2. The summed E-state index contributed by atoms with van der Waals surface area (Å²) in [4.78, 5) is 35.6. The molecule has 0 aromatic heterocycles. The number of phosphoric ester groups is 1. The number of nitrogens with zero attached hydrogens (tertiary/aromatic N) is 1. The lowest BCUT2D eigenvalue weighted by molar-refractivity contribution is -0.870. The lowest BCUT2D eigenvalue weighted by atomic mass is 9.87. The minimum Gasteiger partial charge on any atom is -0.462 e. The molecule has 1 aliphatic rings. The number of allylic oxidation sites excluding steroid dienone is 8. The number of quaternary nitrogens is 1. The summed E-state index contributed by atoms with van der Waals surface area (Å²) < 4.78 is 39.9. The van der Waals surface area contributed by atoms with E-state index in [0.717, 1.165) is 51.4 Å². The fraction of sp³-hybridized carbons (Fsp3) is 0.739. The van der Waals surface area contributed by atoms with E-state index in [-0.39, 0.29) is 38.4 Å². The van der Waals surface area contributed by atoms with Crippen molar-refractivity contribution in [2.75, 3.05) is 47.5 Å². The van der Waals surface area contributed by atoms with E-state index in [9.17, 15) is 34.4 Å². The van der Waals surface area contributed by atoms with Crippen LogP contribution in [0.3, 0.4) is 0 Å². The fourth-order valence-electron chi connectivity index (χ4n) is 6.18. The zero-order valence-corrected chi connectivity index (χ0v) is 38.3. The fourth-order valence-corrected chi connectivity index (χ4v) is 6.92. The van der Waals surface area contributed by atoms with Gasteiger partial charge in [-0.1, -0.05) is 107 Å². The van der Waals surface area contributed by atoms with E-state index in [0.29, 0.717) is 43.1 Å². The van der Waals surface area contributed by atoms with Gasteiger partial charge in [-0.2, -0.15) is 0 Å². The highest BCUT2D eigenvalue weighted by molar-refractivity contribution is 7.47. The molecule has 0 aromatic carbocycles. The molecule has 1 heterocycles. The Morgan fingerprint density at radius 1 is 0.783 bits per heavy atom. The van der Waals surface area contributed by atoms with Gasteiger partial charge in [0.1, 0.15) is 19.8 Å². The molecule has 0 aromatic rings. The van der Waals surface area contributed by atoms with Crippen molar-refractivity contribution in [3.05, 3.63) is 60.8 Å². The highest BCUT2D eigenvalue weighted by Crippen LogP contribution is 2.43. The number of hydrogen-bond acceptors (Lipinski definition) is 11. The Labute approximate surface area is 361 Å². The van der Waals surface area contributed by atoms with Gasteiger partial charge in [-0.05, 0) is 70.6 Å². The maximum absolute atomic E-state index is 12.8. The lowest BCUT2D eigenvalue weighted by Gasteiger charge is -2.36. The van der Waals surface area contributed by atoms with E-state index in [1.54, 1.807) is 12.2 Å². The monoisotopic (exact) mass is 871 g/mol. The van der Waals surface area contributed by atoms with E-state index in [4.69, 9.17) is 23.3 Å². The molecule has 14 heteroatoms. The molecule has 60 heavy (non-hydrogen) atoms. The van der Waals surface area contributed by atoms with Crippen LogP contribution in [0, 0.1) is 5.92 Å². The van der Waals surface area contributed by atoms with Crippen LogP contribution in [-0.4, -0.2) is 115 Å².